The van der Waals surface area contributed by atoms with Crippen molar-refractivity contribution in [2.75, 3.05) is 18.4 Å². The molecule has 2 aromatic carbocycles. The van der Waals surface area contributed by atoms with Crippen LogP contribution in [0.2, 0.25) is 0 Å². The summed E-state index contributed by atoms with van der Waals surface area (Å²) >= 11 is 0. The zero-order valence-corrected chi connectivity index (χ0v) is 25.6. The van der Waals surface area contributed by atoms with Crippen molar-refractivity contribution in [2.24, 2.45) is 11.3 Å². The molecule has 10 heteroatoms. The number of benzene rings is 2. The van der Waals surface area contributed by atoms with Crippen molar-refractivity contribution in [1.82, 2.24) is 14.9 Å². The highest BCUT2D eigenvalue weighted by Gasteiger charge is 2.56. The standard InChI is InChI=1S/C32H38N4O5S/c1-19(2)14-23-18-41-29-28(40-5)27(26-20(3)8-6-9-21(26)4)33-31(34-29)35-42(38,39)25-11-7-10-22(15-25)30(37)36(23)24-16-32(17-24)12-13-32/h6-11,15,19,23-24H,12-14,16-18H2,1-5H3,(H,33,34,35)/t23-/m1/s1. The van der Waals surface area contributed by atoms with Gasteiger partial charge in [-0.25, -0.2) is 18.1 Å². The molecule has 1 aliphatic heterocycles. The quantitative estimate of drug-likeness (QED) is 0.402. The van der Waals surface area contributed by atoms with Crippen molar-refractivity contribution in [1.29, 1.82) is 0 Å². The fraction of sp³-hybridized carbons (Fsp3) is 0.469. The molecule has 9 nitrogen and oxygen atoms in total. The third kappa shape index (κ3) is 5.21. The van der Waals surface area contributed by atoms with Crippen molar-refractivity contribution in [3.8, 4) is 22.9 Å². The summed E-state index contributed by atoms with van der Waals surface area (Å²) in [5.74, 6) is 0.420. The molecule has 2 heterocycles. The summed E-state index contributed by atoms with van der Waals surface area (Å²) in [4.78, 5) is 25.3. The lowest BCUT2D eigenvalue weighted by molar-refractivity contribution is 0.00897. The van der Waals surface area contributed by atoms with Crippen molar-refractivity contribution in [2.45, 2.75) is 76.8 Å². The van der Waals surface area contributed by atoms with Crippen LogP contribution >= 0.6 is 0 Å². The summed E-state index contributed by atoms with van der Waals surface area (Å²) in [6.07, 6.45) is 5.06. The van der Waals surface area contributed by atoms with Gasteiger partial charge in [-0.05, 0) is 86.6 Å². The molecular formula is C32H38N4O5S. The fourth-order valence-corrected chi connectivity index (χ4v) is 7.56. The first-order valence-corrected chi connectivity index (χ1v) is 16.1. The Morgan fingerprint density at radius 3 is 2.43 bits per heavy atom. The Bertz CT molecular complexity index is 1620. The molecule has 1 atom stereocenters. The van der Waals surface area contributed by atoms with Gasteiger partial charge in [0.15, 0.2) is 0 Å². The number of fused-ring (bicyclic) bond motifs is 4. The third-order valence-corrected chi connectivity index (χ3v) is 10.2. The Balaban J connectivity index is 1.53. The molecule has 2 fully saturated rings. The minimum atomic E-state index is -4.13. The summed E-state index contributed by atoms with van der Waals surface area (Å²) < 4.78 is 42.0. The second kappa shape index (κ2) is 10.6. The molecule has 3 aliphatic rings. The molecule has 0 unspecified atom stereocenters. The lowest BCUT2D eigenvalue weighted by Gasteiger charge is -2.47. The molecule has 6 rings (SSSR count). The van der Waals surface area contributed by atoms with Gasteiger partial charge >= 0.3 is 0 Å². The summed E-state index contributed by atoms with van der Waals surface area (Å²) in [7, 11) is -2.61. The van der Waals surface area contributed by atoms with E-state index in [9.17, 15) is 13.2 Å². The van der Waals surface area contributed by atoms with E-state index in [2.05, 4.69) is 28.5 Å². The largest absolute Gasteiger partial charge is 0.490 e. The van der Waals surface area contributed by atoms with Crippen LogP contribution in [0.25, 0.3) is 11.3 Å². The number of amides is 1. The average Bonchev–Trinajstić information content (AvgIpc) is 3.72. The molecule has 2 saturated carbocycles. The van der Waals surface area contributed by atoms with Gasteiger partial charge in [0.25, 0.3) is 21.8 Å². The van der Waals surface area contributed by atoms with Crippen molar-refractivity contribution < 1.29 is 22.7 Å². The van der Waals surface area contributed by atoms with Gasteiger partial charge in [-0.3, -0.25) is 4.79 Å². The molecule has 42 heavy (non-hydrogen) atoms. The van der Waals surface area contributed by atoms with Gasteiger partial charge in [-0.15, -0.1) is 0 Å². The van der Waals surface area contributed by atoms with Crippen molar-refractivity contribution >= 4 is 21.9 Å². The van der Waals surface area contributed by atoms with Crippen LogP contribution in [-0.2, 0) is 10.0 Å². The van der Waals surface area contributed by atoms with Crippen LogP contribution < -0.4 is 14.2 Å². The number of nitrogens with one attached hydrogen (secondary N) is 1. The van der Waals surface area contributed by atoms with E-state index in [0.29, 0.717) is 28.3 Å². The maximum Gasteiger partial charge on any atom is 0.264 e. The van der Waals surface area contributed by atoms with Gasteiger partial charge in [0.05, 0.1) is 18.0 Å². The lowest BCUT2D eigenvalue weighted by atomic mass is 9.75. The first kappa shape index (κ1) is 28.5. The summed E-state index contributed by atoms with van der Waals surface area (Å²) in [6.45, 7) is 8.38. The minimum absolute atomic E-state index is 0.0317. The Labute approximate surface area is 247 Å². The van der Waals surface area contributed by atoms with E-state index in [0.717, 1.165) is 36.0 Å². The number of sulfonamides is 1. The minimum Gasteiger partial charge on any atom is -0.490 e. The van der Waals surface area contributed by atoms with Crippen LogP contribution in [-0.4, -0.2) is 55.0 Å². The lowest BCUT2D eigenvalue weighted by Crippen LogP contribution is -2.55. The predicted octanol–water partition coefficient (Wildman–Crippen LogP) is 5.76. The average molecular weight is 591 g/mol. The van der Waals surface area contributed by atoms with Crippen LogP contribution in [0.5, 0.6) is 11.6 Å². The first-order chi connectivity index (χ1) is 20.0. The Morgan fingerprint density at radius 2 is 1.79 bits per heavy atom. The van der Waals surface area contributed by atoms with E-state index < -0.39 is 10.0 Å². The molecule has 0 radical (unpaired) electrons. The molecule has 0 saturated heterocycles. The highest BCUT2D eigenvalue weighted by atomic mass is 32.2. The van der Waals surface area contributed by atoms with E-state index in [1.807, 2.05) is 36.9 Å². The second-order valence-corrected chi connectivity index (χ2v) is 14.2. The summed E-state index contributed by atoms with van der Waals surface area (Å²) in [5.41, 5.74) is 3.85. The number of aromatic nitrogens is 2. The smallest absolute Gasteiger partial charge is 0.264 e. The van der Waals surface area contributed by atoms with Crippen LogP contribution in [0.4, 0.5) is 5.95 Å². The molecule has 1 N–H and O–H groups in total. The third-order valence-electron chi connectivity index (χ3n) is 8.85. The zero-order chi connectivity index (χ0) is 29.8. The monoisotopic (exact) mass is 590 g/mol. The number of hydrogen-bond acceptors (Lipinski definition) is 7. The van der Waals surface area contributed by atoms with E-state index in [1.165, 1.54) is 32.1 Å². The molecule has 3 aromatic rings. The van der Waals surface area contributed by atoms with Crippen LogP contribution in [0.3, 0.4) is 0 Å². The summed E-state index contributed by atoms with van der Waals surface area (Å²) in [5, 5.41) is 0. The van der Waals surface area contributed by atoms with Crippen LogP contribution in [0, 0.1) is 25.2 Å². The van der Waals surface area contributed by atoms with Gasteiger partial charge < -0.3 is 14.4 Å². The van der Waals surface area contributed by atoms with Gasteiger partial charge in [-0.2, -0.15) is 4.98 Å². The van der Waals surface area contributed by atoms with E-state index in [1.54, 1.807) is 12.1 Å². The topological polar surface area (TPSA) is 111 Å². The number of aryl methyl sites for hydroxylation is 2. The van der Waals surface area contributed by atoms with Gasteiger partial charge in [0.1, 0.15) is 12.3 Å². The fourth-order valence-electron chi connectivity index (χ4n) is 6.57. The predicted molar refractivity (Wildman–Crippen MR) is 160 cm³/mol. The molecule has 1 amide bonds. The number of carbonyl (C=O) groups excluding carboxylic acids is 1. The maximum atomic E-state index is 14.2. The number of nitrogens with zero attached hydrogens (tertiary/aromatic N) is 3. The van der Waals surface area contributed by atoms with E-state index in [4.69, 9.17) is 9.47 Å². The summed E-state index contributed by atoms with van der Waals surface area (Å²) in [6, 6.07) is 11.9. The van der Waals surface area contributed by atoms with Crippen LogP contribution in [0.1, 0.15) is 67.4 Å². The Morgan fingerprint density at radius 1 is 1.10 bits per heavy atom. The normalized spacial score (nSPS) is 21.0. The number of methoxy groups -OCH3 is 1. The number of hydrogen-bond donors (Lipinski definition) is 1. The molecule has 4 bridgehead atoms. The molecular weight excluding hydrogens is 552 g/mol. The highest BCUT2D eigenvalue weighted by molar-refractivity contribution is 7.92. The van der Waals surface area contributed by atoms with E-state index in [-0.39, 0.29) is 41.3 Å². The molecule has 222 valence electrons. The number of carbonyl (C=O) groups is 1. The second-order valence-electron chi connectivity index (χ2n) is 12.5. The zero-order valence-electron chi connectivity index (χ0n) is 24.8. The SMILES string of the molecule is COc1c2nc(nc1-c1c(C)cccc1C)NS(=O)(=O)c1cccc(c1)C(=O)N(C1CC3(CC3)C1)[C@H](CC(C)C)CO2. The van der Waals surface area contributed by atoms with E-state index >= 15 is 0 Å². The maximum absolute atomic E-state index is 14.2. The highest BCUT2D eigenvalue weighted by Crippen LogP contribution is 2.62. The van der Waals surface area contributed by atoms with Gasteiger partial charge in [0.2, 0.25) is 11.7 Å². The number of rotatable bonds is 5. The Hall–Kier alpha value is -3.66. The Kier molecular flexibility index (Phi) is 7.15. The van der Waals surface area contributed by atoms with Crippen molar-refractivity contribution in [3.05, 3.63) is 59.2 Å². The van der Waals surface area contributed by atoms with Crippen molar-refractivity contribution in [3.63, 3.8) is 0 Å². The number of anilines is 1. The molecule has 1 spiro atoms. The van der Waals surface area contributed by atoms with Gasteiger partial charge in [0, 0.05) is 17.2 Å². The van der Waals surface area contributed by atoms with Crippen LogP contribution in [0.15, 0.2) is 47.4 Å². The molecule has 1 aromatic heterocycles. The van der Waals surface area contributed by atoms with Gasteiger partial charge in [-0.1, -0.05) is 38.1 Å². The molecule has 2 aliphatic carbocycles. The number of ether oxygens (including phenoxy) is 2. The first-order valence-electron chi connectivity index (χ1n) is 14.6.